The van der Waals surface area contributed by atoms with Gasteiger partial charge < -0.3 is 14.6 Å². The van der Waals surface area contributed by atoms with E-state index in [4.69, 9.17) is 4.42 Å². The maximum absolute atomic E-state index is 13.1. The van der Waals surface area contributed by atoms with Crippen LogP contribution in [0.25, 0.3) is 22.6 Å². The van der Waals surface area contributed by atoms with Crippen LogP contribution in [0, 0.1) is 12.8 Å². The number of amides is 2. The molecule has 0 unspecified atom stereocenters. The number of hydrogen-bond donors (Lipinski definition) is 1. The first-order chi connectivity index (χ1) is 17.0. The molecule has 0 spiro atoms. The number of carbonyl (C=O) groups excluding carboxylic acids is 2. The maximum atomic E-state index is 13.1. The smallest absolute Gasteiger partial charge is 0.253 e. The van der Waals surface area contributed by atoms with Crippen molar-refractivity contribution in [3.8, 4) is 11.5 Å². The molecule has 3 heterocycles. The highest BCUT2D eigenvalue weighted by Gasteiger charge is 2.25. The van der Waals surface area contributed by atoms with Gasteiger partial charge in [0.05, 0.1) is 0 Å². The van der Waals surface area contributed by atoms with Gasteiger partial charge in [-0.3, -0.25) is 14.6 Å². The predicted molar refractivity (Wildman–Crippen MR) is 134 cm³/mol. The quantitative estimate of drug-likeness (QED) is 0.441. The number of carbonyl (C=O) groups is 2. The van der Waals surface area contributed by atoms with Gasteiger partial charge in [-0.15, -0.1) is 0 Å². The lowest BCUT2D eigenvalue weighted by Crippen LogP contribution is -2.39. The Hall–Kier alpha value is -4.00. The number of nitrogens with one attached hydrogen (secondary N) is 1. The van der Waals surface area contributed by atoms with Gasteiger partial charge in [-0.2, -0.15) is 0 Å². The molecule has 5 rings (SSSR count). The second kappa shape index (κ2) is 10.1. The van der Waals surface area contributed by atoms with E-state index in [1.807, 2.05) is 54.3 Å². The lowest BCUT2D eigenvalue weighted by molar-refractivity contribution is -0.122. The number of aryl methyl sites for hydroxylation is 1. The Morgan fingerprint density at radius 3 is 2.63 bits per heavy atom. The zero-order chi connectivity index (χ0) is 24.2. The van der Waals surface area contributed by atoms with Gasteiger partial charge in [0.2, 0.25) is 11.8 Å². The maximum Gasteiger partial charge on any atom is 0.253 e. The summed E-state index contributed by atoms with van der Waals surface area (Å²) in [6.45, 7) is 3.81. The van der Waals surface area contributed by atoms with Crippen molar-refractivity contribution in [3.63, 3.8) is 0 Å². The predicted octanol–water partition coefficient (Wildman–Crippen LogP) is 4.76. The number of fused-ring (bicyclic) bond motifs is 1. The van der Waals surface area contributed by atoms with Crippen LogP contribution in [-0.2, 0) is 11.3 Å². The summed E-state index contributed by atoms with van der Waals surface area (Å²) in [6.07, 6.45) is 5.58. The van der Waals surface area contributed by atoms with Crippen molar-refractivity contribution in [3.05, 3.63) is 83.7 Å². The van der Waals surface area contributed by atoms with Crippen LogP contribution >= 0.6 is 0 Å². The van der Waals surface area contributed by atoms with Gasteiger partial charge in [-0.05, 0) is 67.6 Å². The summed E-state index contributed by atoms with van der Waals surface area (Å²) in [5.41, 5.74) is 5.00. The minimum atomic E-state index is -0.00809. The van der Waals surface area contributed by atoms with Crippen LogP contribution in [-0.4, -0.2) is 39.8 Å². The van der Waals surface area contributed by atoms with Crippen molar-refractivity contribution in [2.45, 2.75) is 32.7 Å². The summed E-state index contributed by atoms with van der Waals surface area (Å²) < 4.78 is 5.90. The van der Waals surface area contributed by atoms with Crippen molar-refractivity contribution in [2.24, 2.45) is 5.92 Å². The molecule has 0 aliphatic carbocycles. The SMILES string of the molecule is Cc1ccc(-c2nc3cc(C(=O)N4CCC(CC(=O)NCc5cccnc5)CC4)ccc3o2)cc1. The van der Waals surface area contributed by atoms with Gasteiger partial charge in [0, 0.05) is 49.6 Å². The first-order valence-electron chi connectivity index (χ1n) is 12.0. The number of piperidine rings is 1. The van der Waals surface area contributed by atoms with E-state index in [1.54, 1.807) is 24.5 Å². The molecule has 2 aromatic carbocycles. The molecular formula is C28H28N4O3. The highest BCUT2D eigenvalue weighted by Crippen LogP contribution is 2.27. The van der Waals surface area contributed by atoms with Gasteiger partial charge >= 0.3 is 0 Å². The van der Waals surface area contributed by atoms with Crippen LogP contribution in [0.1, 0.15) is 40.7 Å². The molecule has 1 aliphatic heterocycles. The molecule has 7 heteroatoms. The fourth-order valence-corrected chi connectivity index (χ4v) is 4.44. The molecule has 35 heavy (non-hydrogen) atoms. The van der Waals surface area contributed by atoms with Crippen LogP contribution in [0.15, 0.2) is 71.4 Å². The fourth-order valence-electron chi connectivity index (χ4n) is 4.44. The van der Waals surface area contributed by atoms with E-state index in [9.17, 15) is 9.59 Å². The monoisotopic (exact) mass is 468 g/mol. The van der Waals surface area contributed by atoms with E-state index < -0.39 is 0 Å². The van der Waals surface area contributed by atoms with Crippen molar-refractivity contribution < 1.29 is 14.0 Å². The van der Waals surface area contributed by atoms with Gasteiger partial charge in [-0.25, -0.2) is 4.98 Å². The van der Waals surface area contributed by atoms with Crippen molar-refractivity contribution in [2.75, 3.05) is 13.1 Å². The fraction of sp³-hybridized carbons (Fsp3) is 0.286. The molecule has 0 atom stereocenters. The first-order valence-corrected chi connectivity index (χ1v) is 12.0. The third-order valence-corrected chi connectivity index (χ3v) is 6.52. The highest BCUT2D eigenvalue weighted by molar-refractivity contribution is 5.97. The van der Waals surface area contributed by atoms with Crippen LogP contribution in [0.4, 0.5) is 0 Å². The third kappa shape index (κ3) is 5.40. The van der Waals surface area contributed by atoms with E-state index in [2.05, 4.69) is 15.3 Å². The number of likely N-dealkylation sites (tertiary alicyclic amines) is 1. The minimum absolute atomic E-state index is 0.00809. The summed E-state index contributed by atoms with van der Waals surface area (Å²) in [7, 11) is 0. The Morgan fingerprint density at radius 1 is 1.09 bits per heavy atom. The molecule has 1 N–H and O–H groups in total. The Labute approximate surface area is 204 Å². The molecule has 0 saturated carbocycles. The third-order valence-electron chi connectivity index (χ3n) is 6.52. The summed E-state index contributed by atoms with van der Waals surface area (Å²) in [5.74, 6) is 0.862. The molecule has 0 radical (unpaired) electrons. The van der Waals surface area contributed by atoms with Crippen molar-refractivity contribution >= 4 is 22.9 Å². The number of oxazole rings is 1. The number of aromatic nitrogens is 2. The van der Waals surface area contributed by atoms with Gasteiger partial charge in [-0.1, -0.05) is 23.8 Å². The van der Waals surface area contributed by atoms with Crippen LogP contribution in [0.2, 0.25) is 0 Å². The number of nitrogens with zero attached hydrogens (tertiary/aromatic N) is 3. The molecule has 1 fully saturated rings. The number of pyridine rings is 1. The van der Waals surface area contributed by atoms with Gasteiger partial charge in [0.15, 0.2) is 5.58 Å². The molecule has 0 bridgehead atoms. The highest BCUT2D eigenvalue weighted by atomic mass is 16.3. The number of hydrogen-bond acceptors (Lipinski definition) is 5. The van der Waals surface area contributed by atoms with Crippen LogP contribution < -0.4 is 5.32 Å². The van der Waals surface area contributed by atoms with Crippen molar-refractivity contribution in [1.82, 2.24) is 20.2 Å². The average molecular weight is 469 g/mol. The molecule has 4 aromatic rings. The normalized spacial score (nSPS) is 14.3. The van der Waals surface area contributed by atoms with Crippen LogP contribution in [0.5, 0.6) is 0 Å². The zero-order valence-electron chi connectivity index (χ0n) is 19.7. The molecule has 1 aliphatic rings. The van der Waals surface area contributed by atoms with Gasteiger partial charge in [0.25, 0.3) is 5.91 Å². The zero-order valence-corrected chi connectivity index (χ0v) is 19.7. The number of benzene rings is 2. The summed E-state index contributed by atoms with van der Waals surface area (Å²) in [6, 6.07) is 17.2. The summed E-state index contributed by atoms with van der Waals surface area (Å²) in [4.78, 5) is 36.0. The summed E-state index contributed by atoms with van der Waals surface area (Å²) in [5, 5.41) is 2.96. The van der Waals surface area contributed by atoms with E-state index in [0.29, 0.717) is 48.6 Å². The second-order valence-electron chi connectivity index (χ2n) is 9.15. The Kier molecular flexibility index (Phi) is 6.57. The van der Waals surface area contributed by atoms with E-state index in [0.717, 1.165) is 24.0 Å². The topological polar surface area (TPSA) is 88.3 Å². The number of rotatable bonds is 6. The lowest BCUT2D eigenvalue weighted by Gasteiger charge is -2.31. The summed E-state index contributed by atoms with van der Waals surface area (Å²) >= 11 is 0. The van der Waals surface area contributed by atoms with E-state index >= 15 is 0 Å². The minimum Gasteiger partial charge on any atom is -0.436 e. The molecule has 7 nitrogen and oxygen atoms in total. The average Bonchev–Trinajstić information content (AvgIpc) is 3.32. The second-order valence-corrected chi connectivity index (χ2v) is 9.15. The largest absolute Gasteiger partial charge is 0.436 e. The molecule has 2 aromatic heterocycles. The lowest BCUT2D eigenvalue weighted by atomic mass is 9.93. The van der Waals surface area contributed by atoms with E-state index in [-0.39, 0.29) is 17.7 Å². The van der Waals surface area contributed by atoms with E-state index in [1.165, 1.54) is 5.56 Å². The molecule has 2 amide bonds. The Bertz CT molecular complexity index is 1320. The van der Waals surface area contributed by atoms with Crippen LogP contribution in [0.3, 0.4) is 0 Å². The Balaban J connectivity index is 1.16. The van der Waals surface area contributed by atoms with Gasteiger partial charge in [0.1, 0.15) is 5.52 Å². The molecular weight excluding hydrogens is 440 g/mol. The van der Waals surface area contributed by atoms with Crippen molar-refractivity contribution in [1.29, 1.82) is 0 Å². The standard InChI is InChI=1S/C28H28N4O3/c1-19-4-6-22(7-5-19)27-31-24-16-23(8-9-25(24)35-27)28(34)32-13-10-20(11-14-32)15-26(33)30-18-21-3-2-12-29-17-21/h2-9,12,16-17,20H,10-11,13-15,18H2,1H3,(H,30,33). The first kappa shape index (κ1) is 22.8. The molecule has 1 saturated heterocycles. The molecule has 178 valence electrons. The Morgan fingerprint density at radius 2 is 1.89 bits per heavy atom.